The molecule has 6 heteroatoms. The number of fused-ring (bicyclic) bond motifs is 1. The minimum atomic E-state index is -0.394. The number of hydrogen-bond donors (Lipinski definition) is 2. The first-order chi connectivity index (χ1) is 13.8. The summed E-state index contributed by atoms with van der Waals surface area (Å²) in [4.78, 5) is 17.5. The Balaban J connectivity index is 1.54. The van der Waals surface area contributed by atoms with Crippen LogP contribution in [-0.2, 0) is 10.3 Å². The number of anilines is 2. The third kappa shape index (κ3) is 4.19. The summed E-state index contributed by atoms with van der Waals surface area (Å²) in [6, 6.07) is 14.5. The number of carbonyl (C=O) groups is 1. The van der Waals surface area contributed by atoms with Gasteiger partial charge >= 0.3 is 0 Å². The average molecular weight is 455 g/mol. The number of likely N-dealkylation sites (N-methyl/N-ethyl adjacent to an activating group) is 1. The summed E-state index contributed by atoms with van der Waals surface area (Å²) in [7, 11) is 2.16. The number of rotatable bonds is 3. The van der Waals surface area contributed by atoms with Gasteiger partial charge < -0.3 is 20.4 Å². The number of nitrogens with zero attached hydrogens (tertiary/aromatic N) is 2. The Morgan fingerprint density at radius 1 is 1.07 bits per heavy atom. The normalized spacial score (nSPS) is 20.3. The van der Waals surface area contributed by atoms with E-state index in [0.717, 1.165) is 47.5 Å². The molecule has 0 saturated carbocycles. The maximum Gasteiger partial charge on any atom is 0.254 e. The molecule has 2 heterocycles. The van der Waals surface area contributed by atoms with Gasteiger partial charge in [0.05, 0.1) is 11.1 Å². The monoisotopic (exact) mass is 454 g/mol. The lowest BCUT2D eigenvalue weighted by Crippen LogP contribution is -2.45. The molecule has 2 aromatic carbocycles. The number of halogens is 1. The molecule has 2 N–H and O–H groups in total. The average Bonchev–Trinajstić information content (AvgIpc) is 2.68. The first-order valence-corrected chi connectivity index (χ1v) is 10.8. The van der Waals surface area contributed by atoms with Crippen LogP contribution in [0, 0.1) is 0 Å². The Morgan fingerprint density at radius 3 is 2.45 bits per heavy atom. The third-order valence-corrected chi connectivity index (χ3v) is 6.23. The van der Waals surface area contributed by atoms with Crippen LogP contribution >= 0.6 is 15.9 Å². The molecule has 1 fully saturated rings. The standard InChI is InChI=1S/C23H27BrN4O/c1-23(2)21-9-4-16(24)14-19(21)20(22(29)26-23)15-25-17-5-7-18(8-6-17)28-12-10-27(3)11-13-28/h4-9,14-15,25H,10-13H2,1-3H3,(H,26,29)/b20-15-. The molecular weight excluding hydrogens is 428 g/mol. The Bertz CT molecular complexity index is 944. The summed E-state index contributed by atoms with van der Waals surface area (Å²) < 4.78 is 0.962. The van der Waals surface area contributed by atoms with Crippen molar-refractivity contribution in [3.05, 3.63) is 64.3 Å². The molecule has 0 bridgehead atoms. The van der Waals surface area contributed by atoms with E-state index >= 15 is 0 Å². The van der Waals surface area contributed by atoms with Crippen molar-refractivity contribution in [2.45, 2.75) is 19.4 Å². The van der Waals surface area contributed by atoms with Gasteiger partial charge in [-0.15, -0.1) is 0 Å². The van der Waals surface area contributed by atoms with Crippen LogP contribution in [0.4, 0.5) is 11.4 Å². The highest BCUT2D eigenvalue weighted by molar-refractivity contribution is 9.10. The van der Waals surface area contributed by atoms with Crippen LogP contribution in [0.15, 0.2) is 53.1 Å². The Kier molecular flexibility index (Phi) is 5.40. The molecule has 152 valence electrons. The van der Waals surface area contributed by atoms with Gasteiger partial charge in [0.2, 0.25) is 0 Å². The third-order valence-electron chi connectivity index (χ3n) is 5.73. The molecule has 2 aromatic rings. The molecule has 1 amide bonds. The molecule has 2 aliphatic heterocycles. The number of amides is 1. The molecule has 5 nitrogen and oxygen atoms in total. The van der Waals surface area contributed by atoms with Crippen LogP contribution in [0.25, 0.3) is 5.57 Å². The number of carbonyl (C=O) groups excluding carboxylic acids is 1. The van der Waals surface area contributed by atoms with E-state index in [4.69, 9.17) is 0 Å². The molecule has 1 saturated heterocycles. The van der Waals surface area contributed by atoms with Crippen molar-refractivity contribution in [1.29, 1.82) is 0 Å². The van der Waals surface area contributed by atoms with E-state index in [0.29, 0.717) is 5.57 Å². The lowest BCUT2D eigenvalue weighted by molar-refractivity contribution is -0.117. The van der Waals surface area contributed by atoms with Crippen LogP contribution in [0.5, 0.6) is 0 Å². The van der Waals surface area contributed by atoms with Gasteiger partial charge in [-0.25, -0.2) is 0 Å². The minimum Gasteiger partial charge on any atom is -0.369 e. The van der Waals surface area contributed by atoms with Crippen molar-refractivity contribution in [3.8, 4) is 0 Å². The van der Waals surface area contributed by atoms with Crippen LogP contribution in [0.2, 0.25) is 0 Å². The summed E-state index contributed by atoms with van der Waals surface area (Å²) in [6.07, 6.45) is 1.81. The van der Waals surface area contributed by atoms with Gasteiger partial charge in [0.15, 0.2) is 0 Å². The first-order valence-electron chi connectivity index (χ1n) is 9.97. The summed E-state index contributed by atoms with van der Waals surface area (Å²) >= 11 is 3.53. The van der Waals surface area contributed by atoms with Crippen molar-refractivity contribution in [2.24, 2.45) is 0 Å². The number of nitrogens with one attached hydrogen (secondary N) is 2. The zero-order valence-corrected chi connectivity index (χ0v) is 18.7. The molecule has 29 heavy (non-hydrogen) atoms. The first kappa shape index (κ1) is 20.0. The molecule has 0 radical (unpaired) electrons. The topological polar surface area (TPSA) is 47.6 Å². The number of hydrogen-bond acceptors (Lipinski definition) is 4. The van der Waals surface area contributed by atoms with E-state index in [1.165, 1.54) is 5.69 Å². The van der Waals surface area contributed by atoms with Crippen molar-refractivity contribution in [3.63, 3.8) is 0 Å². The maximum atomic E-state index is 12.7. The largest absolute Gasteiger partial charge is 0.369 e. The van der Waals surface area contributed by atoms with Gasteiger partial charge in [-0.1, -0.05) is 22.0 Å². The molecule has 0 unspecified atom stereocenters. The number of benzene rings is 2. The van der Waals surface area contributed by atoms with E-state index in [9.17, 15) is 4.79 Å². The van der Waals surface area contributed by atoms with Crippen LogP contribution in [0.1, 0.15) is 25.0 Å². The highest BCUT2D eigenvalue weighted by Gasteiger charge is 2.34. The van der Waals surface area contributed by atoms with Crippen LogP contribution < -0.4 is 15.5 Å². The SMILES string of the molecule is CN1CCN(c2ccc(N/C=C3\C(=O)NC(C)(C)c4ccc(Br)cc43)cc2)CC1. The zero-order chi connectivity index (χ0) is 20.6. The van der Waals surface area contributed by atoms with E-state index in [1.807, 2.05) is 26.0 Å². The molecule has 0 aliphatic carbocycles. The predicted octanol–water partition coefficient (Wildman–Crippen LogP) is 4.02. The molecule has 2 aliphatic rings. The summed E-state index contributed by atoms with van der Waals surface area (Å²) in [6.45, 7) is 8.33. The lowest BCUT2D eigenvalue weighted by Gasteiger charge is -2.35. The van der Waals surface area contributed by atoms with Gasteiger partial charge in [-0.05, 0) is 68.4 Å². The second kappa shape index (κ2) is 7.84. The van der Waals surface area contributed by atoms with Crippen molar-refractivity contribution < 1.29 is 4.79 Å². The Morgan fingerprint density at radius 2 is 1.76 bits per heavy atom. The molecule has 0 aromatic heterocycles. The minimum absolute atomic E-state index is 0.0674. The van der Waals surface area contributed by atoms with Gasteiger partial charge in [0, 0.05) is 48.2 Å². The maximum absolute atomic E-state index is 12.7. The molecule has 0 atom stereocenters. The van der Waals surface area contributed by atoms with E-state index in [2.05, 4.69) is 73.7 Å². The smallest absolute Gasteiger partial charge is 0.254 e. The van der Waals surface area contributed by atoms with Crippen LogP contribution in [-0.4, -0.2) is 44.0 Å². The van der Waals surface area contributed by atoms with Crippen molar-refractivity contribution in [1.82, 2.24) is 10.2 Å². The van der Waals surface area contributed by atoms with Gasteiger partial charge in [-0.3, -0.25) is 4.79 Å². The van der Waals surface area contributed by atoms with Gasteiger partial charge in [0.25, 0.3) is 5.91 Å². The second-order valence-electron chi connectivity index (χ2n) is 8.31. The summed E-state index contributed by atoms with van der Waals surface area (Å²) in [5.74, 6) is -0.0674. The van der Waals surface area contributed by atoms with E-state index in [1.54, 1.807) is 6.20 Å². The molecule has 4 rings (SSSR count). The second-order valence-corrected chi connectivity index (χ2v) is 9.22. The Hall–Kier alpha value is -2.31. The Labute approximate surface area is 180 Å². The lowest BCUT2D eigenvalue weighted by atomic mass is 9.83. The van der Waals surface area contributed by atoms with Crippen molar-refractivity contribution in [2.75, 3.05) is 43.4 Å². The fraction of sp³-hybridized carbons (Fsp3) is 0.348. The summed E-state index contributed by atoms with van der Waals surface area (Å²) in [5, 5.41) is 6.40. The van der Waals surface area contributed by atoms with E-state index in [-0.39, 0.29) is 5.91 Å². The highest BCUT2D eigenvalue weighted by atomic mass is 79.9. The molecule has 0 spiro atoms. The van der Waals surface area contributed by atoms with Crippen molar-refractivity contribution >= 4 is 38.8 Å². The highest BCUT2D eigenvalue weighted by Crippen LogP contribution is 2.35. The predicted molar refractivity (Wildman–Crippen MR) is 123 cm³/mol. The molecular formula is C23H27BrN4O. The zero-order valence-electron chi connectivity index (χ0n) is 17.1. The van der Waals surface area contributed by atoms with E-state index < -0.39 is 5.54 Å². The number of piperazine rings is 1. The summed E-state index contributed by atoms with van der Waals surface area (Å²) in [5.41, 5.74) is 4.51. The van der Waals surface area contributed by atoms with Crippen LogP contribution in [0.3, 0.4) is 0 Å². The fourth-order valence-electron chi connectivity index (χ4n) is 3.96. The van der Waals surface area contributed by atoms with Gasteiger partial charge in [0.1, 0.15) is 0 Å². The quantitative estimate of drug-likeness (QED) is 0.687. The van der Waals surface area contributed by atoms with Gasteiger partial charge in [-0.2, -0.15) is 0 Å². The fourth-order valence-corrected chi connectivity index (χ4v) is 4.32.